The van der Waals surface area contributed by atoms with E-state index in [1.165, 1.54) is 0 Å². The predicted octanol–water partition coefficient (Wildman–Crippen LogP) is 2.46. The lowest BCUT2D eigenvalue weighted by molar-refractivity contribution is -0.124. The van der Waals surface area contributed by atoms with Crippen molar-refractivity contribution < 1.29 is 9.53 Å². The first-order valence-corrected chi connectivity index (χ1v) is 6.35. The second-order valence-electron chi connectivity index (χ2n) is 4.17. The predicted molar refractivity (Wildman–Crippen MR) is 70.9 cm³/mol. The van der Waals surface area contributed by atoms with Crippen molar-refractivity contribution in [1.82, 2.24) is 0 Å². The van der Waals surface area contributed by atoms with E-state index in [0.717, 1.165) is 22.9 Å². The standard InChI is InChI=1S/C12H15BrN2O2/c1-7-5-8(13)6-9(11(7)14)15-12(16)10-3-2-4-17-10/h5-6,10H,2-4,14H2,1H3,(H,15,16). The van der Waals surface area contributed by atoms with Crippen molar-refractivity contribution in [2.24, 2.45) is 0 Å². The molecule has 0 aliphatic carbocycles. The van der Waals surface area contributed by atoms with E-state index in [1.54, 1.807) is 6.07 Å². The van der Waals surface area contributed by atoms with Crippen LogP contribution in [-0.4, -0.2) is 18.6 Å². The lowest BCUT2D eigenvalue weighted by atomic mass is 10.1. The van der Waals surface area contributed by atoms with Gasteiger partial charge in [-0.2, -0.15) is 0 Å². The zero-order valence-electron chi connectivity index (χ0n) is 9.63. The van der Waals surface area contributed by atoms with Crippen molar-refractivity contribution in [2.45, 2.75) is 25.9 Å². The van der Waals surface area contributed by atoms with Crippen molar-refractivity contribution in [2.75, 3.05) is 17.7 Å². The van der Waals surface area contributed by atoms with Crippen LogP contribution >= 0.6 is 15.9 Å². The second kappa shape index (κ2) is 5.06. The Balaban J connectivity index is 2.15. The lowest BCUT2D eigenvalue weighted by Crippen LogP contribution is -2.27. The van der Waals surface area contributed by atoms with E-state index in [9.17, 15) is 4.79 Å². The van der Waals surface area contributed by atoms with Crippen LogP contribution in [0.1, 0.15) is 18.4 Å². The largest absolute Gasteiger partial charge is 0.397 e. The van der Waals surface area contributed by atoms with Gasteiger partial charge in [-0.3, -0.25) is 4.79 Å². The highest BCUT2D eigenvalue weighted by Gasteiger charge is 2.24. The fraction of sp³-hybridized carbons (Fsp3) is 0.417. The molecule has 1 amide bonds. The van der Waals surface area contributed by atoms with E-state index in [1.807, 2.05) is 13.0 Å². The SMILES string of the molecule is Cc1cc(Br)cc(NC(=O)C2CCCO2)c1N. The van der Waals surface area contributed by atoms with Gasteiger partial charge in [0.25, 0.3) is 5.91 Å². The number of nitrogens with two attached hydrogens (primary N) is 1. The third-order valence-electron chi connectivity index (χ3n) is 2.83. The van der Waals surface area contributed by atoms with E-state index in [-0.39, 0.29) is 12.0 Å². The zero-order valence-corrected chi connectivity index (χ0v) is 11.2. The Morgan fingerprint density at radius 1 is 1.59 bits per heavy atom. The number of ether oxygens (including phenoxy) is 1. The number of benzene rings is 1. The zero-order chi connectivity index (χ0) is 12.4. The Hall–Kier alpha value is -1.07. The molecule has 0 bridgehead atoms. The van der Waals surface area contributed by atoms with Gasteiger partial charge in [0.05, 0.1) is 11.4 Å². The number of carbonyl (C=O) groups excluding carboxylic acids is 1. The maximum Gasteiger partial charge on any atom is 0.253 e. The molecule has 0 radical (unpaired) electrons. The fourth-order valence-electron chi connectivity index (χ4n) is 1.86. The minimum absolute atomic E-state index is 0.119. The summed E-state index contributed by atoms with van der Waals surface area (Å²) in [6.07, 6.45) is 1.37. The molecular weight excluding hydrogens is 284 g/mol. The van der Waals surface area contributed by atoms with Crippen LogP contribution in [0.4, 0.5) is 11.4 Å². The molecule has 1 heterocycles. The van der Waals surface area contributed by atoms with Crippen molar-refractivity contribution in [3.8, 4) is 0 Å². The number of hydrogen-bond acceptors (Lipinski definition) is 3. The van der Waals surface area contributed by atoms with E-state index in [0.29, 0.717) is 18.0 Å². The van der Waals surface area contributed by atoms with Gasteiger partial charge in [-0.15, -0.1) is 0 Å². The molecule has 5 heteroatoms. The number of carbonyl (C=O) groups is 1. The molecule has 0 spiro atoms. The maximum absolute atomic E-state index is 11.9. The summed E-state index contributed by atoms with van der Waals surface area (Å²) < 4.78 is 6.22. The van der Waals surface area contributed by atoms with Crippen LogP contribution in [0.15, 0.2) is 16.6 Å². The summed E-state index contributed by atoms with van der Waals surface area (Å²) in [6, 6.07) is 3.71. The number of amides is 1. The van der Waals surface area contributed by atoms with E-state index in [4.69, 9.17) is 10.5 Å². The van der Waals surface area contributed by atoms with E-state index >= 15 is 0 Å². The molecule has 1 aliphatic heterocycles. The van der Waals surface area contributed by atoms with Gasteiger partial charge in [-0.1, -0.05) is 15.9 Å². The van der Waals surface area contributed by atoms with Gasteiger partial charge in [-0.05, 0) is 37.5 Å². The Bertz CT molecular complexity index is 442. The summed E-state index contributed by atoms with van der Waals surface area (Å²) in [5.74, 6) is -0.119. The highest BCUT2D eigenvalue weighted by molar-refractivity contribution is 9.10. The molecule has 1 atom stereocenters. The van der Waals surface area contributed by atoms with E-state index in [2.05, 4.69) is 21.2 Å². The smallest absolute Gasteiger partial charge is 0.253 e. The first-order chi connectivity index (χ1) is 8.08. The van der Waals surface area contributed by atoms with Gasteiger partial charge in [0.15, 0.2) is 0 Å². The van der Waals surface area contributed by atoms with Crippen molar-refractivity contribution in [3.05, 3.63) is 22.2 Å². The fourth-order valence-corrected chi connectivity index (χ4v) is 2.43. The lowest BCUT2D eigenvalue weighted by Gasteiger charge is -2.14. The topological polar surface area (TPSA) is 64.3 Å². The van der Waals surface area contributed by atoms with Crippen LogP contribution in [0.2, 0.25) is 0 Å². The summed E-state index contributed by atoms with van der Waals surface area (Å²) in [5.41, 5.74) is 8.09. The summed E-state index contributed by atoms with van der Waals surface area (Å²) >= 11 is 3.38. The molecule has 1 unspecified atom stereocenters. The normalized spacial score (nSPS) is 19.3. The molecule has 1 aliphatic rings. The highest BCUT2D eigenvalue weighted by Crippen LogP contribution is 2.28. The van der Waals surface area contributed by atoms with Crippen molar-refractivity contribution in [3.63, 3.8) is 0 Å². The molecule has 1 saturated heterocycles. The molecule has 2 rings (SSSR count). The van der Waals surface area contributed by atoms with Gasteiger partial charge in [0.2, 0.25) is 0 Å². The number of hydrogen-bond donors (Lipinski definition) is 2. The summed E-state index contributed by atoms with van der Waals surface area (Å²) in [7, 11) is 0. The highest BCUT2D eigenvalue weighted by atomic mass is 79.9. The molecule has 92 valence electrons. The van der Waals surface area contributed by atoms with Crippen LogP contribution in [0.25, 0.3) is 0 Å². The average Bonchev–Trinajstić information content (AvgIpc) is 2.78. The van der Waals surface area contributed by atoms with Gasteiger partial charge >= 0.3 is 0 Å². The molecule has 4 nitrogen and oxygen atoms in total. The summed E-state index contributed by atoms with van der Waals surface area (Å²) in [6.45, 7) is 2.56. The second-order valence-corrected chi connectivity index (χ2v) is 5.09. The van der Waals surface area contributed by atoms with Gasteiger partial charge < -0.3 is 15.8 Å². The first-order valence-electron chi connectivity index (χ1n) is 5.56. The Morgan fingerprint density at radius 2 is 2.35 bits per heavy atom. The number of aryl methyl sites for hydroxylation is 1. The molecule has 0 aromatic heterocycles. The monoisotopic (exact) mass is 298 g/mol. The Kier molecular flexibility index (Phi) is 3.69. The quantitative estimate of drug-likeness (QED) is 0.825. The van der Waals surface area contributed by atoms with Gasteiger partial charge in [0, 0.05) is 11.1 Å². The Morgan fingerprint density at radius 3 is 3.00 bits per heavy atom. The molecule has 1 aromatic rings. The van der Waals surface area contributed by atoms with Crippen LogP contribution in [0.3, 0.4) is 0 Å². The first kappa shape index (κ1) is 12.4. The third kappa shape index (κ3) is 2.79. The van der Waals surface area contributed by atoms with Crippen molar-refractivity contribution >= 4 is 33.2 Å². The molecule has 17 heavy (non-hydrogen) atoms. The number of anilines is 2. The number of halogens is 1. The van der Waals surface area contributed by atoms with Crippen LogP contribution in [0.5, 0.6) is 0 Å². The number of nitrogens with one attached hydrogen (secondary N) is 1. The van der Waals surface area contributed by atoms with Crippen LogP contribution in [-0.2, 0) is 9.53 Å². The van der Waals surface area contributed by atoms with Crippen LogP contribution in [0, 0.1) is 6.92 Å². The Labute approximate surface area is 109 Å². The summed E-state index contributed by atoms with van der Waals surface area (Å²) in [4.78, 5) is 11.9. The van der Waals surface area contributed by atoms with Gasteiger partial charge in [-0.25, -0.2) is 0 Å². The maximum atomic E-state index is 11.9. The number of nitrogen functional groups attached to an aromatic ring is 1. The molecular formula is C12H15BrN2O2. The molecule has 0 saturated carbocycles. The minimum Gasteiger partial charge on any atom is -0.397 e. The third-order valence-corrected chi connectivity index (χ3v) is 3.29. The molecule has 1 fully saturated rings. The van der Waals surface area contributed by atoms with E-state index < -0.39 is 0 Å². The molecule has 3 N–H and O–H groups in total. The number of rotatable bonds is 2. The van der Waals surface area contributed by atoms with Gasteiger partial charge in [0.1, 0.15) is 6.10 Å². The minimum atomic E-state index is -0.339. The van der Waals surface area contributed by atoms with Crippen LogP contribution < -0.4 is 11.1 Å². The average molecular weight is 299 g/mol. The summed E-state index contributed by atoms with van der Waals surface area (Å²) in [5, 5.41) is 2.81. The molecule has 1 aromatic carbocycles. The van der Waals surface area contributed by atoms with Crippen molar-refractivity contribution in [1.29, 1.82) is 0 Å².